The molecule has 0 aliphatic rings. The van der Waals surface area contributed by atoms with E-state index in [4.69, 9.17) is 0 Å². The lowest BCUT2D eigenvalue weighted by Gasteiger charge is -2.22. The van der Waals surface area contributed by atoms with Gasteiger partial charge in [0.2, 0.25) is 0 Å². The fraction of sp³-hybridized carbons (Fsp3) is 1.00. The van der Waals surface area contributed by atoms with Crippen molar-refractivity contribution < 1.29 is 10.2 Å². The molecule has 3 atom stereocenters. The Morgan fingerprint density at radius 1 is 1.09 bits per heavy atom. The van der Waals surface area contributed by atoms with Crippen LogP contribution in [-0.4, -0.2) is 22.4 Å². The second kappa shape index (κ2) is 5.56. The molecule has 0 aromatic carbocycles. The van der Waals surface area contributed by atoms with Crippen LogP contribution in [0.5, 0.6) is 0 Å². The third-order valence-electron chi connectivity index (χ3n) is 2.22. The molecule has 0 rings (SSSR count). The summed E-state index contributed by atoms with van der Waals surface area (Å²) in [6.07, 6.45) is 1.80. The van der Waals surface area contributed by atoms with Crippen LogP contribution < -0.4 is 0 Å². The van der Waals surface area contributed by atoms with Crippen LogP contribution in [0.4, 0.5) is 0 Å². The van der Waals surface area contributed by atoms with E-state index in [1.54, 1.807) is 0 Å². The van der Waals surface area contributed by atoms with Gasteiger partial charge in [-0.1, -0.05) is 27.2 Å². The molecule has 0 aromatic rings. The lowest BCUT2D eigenvalue weighted by Crippen LogP contribution is -2.28. The maximum Gasteiger partial charge on any atom is 0.0590 e. The van der Waals surface area contributed by atoms with Crippen LogP contribution in [0.15, 0.2) is 0 Å². The number of rotatable bonds is 5. The summed E-state index contributed by atoms with van der Waals surface area (Å²) in [7, 11) is 0. The lowest BCUT2D eigenvalue weighted by atomic mass is 9.94. The van der Waals surface area contributed by atoms with Gasteiger partial charge in [-0.3, -0.25) is 0 Å². The van der Waals surface area contributed by atoms with Gasteiger partial charge in [0.15, 0.2) is 0 Å². The van der Waals surface area contributed by atoms with Gasteiger partial charge >= 0.3 is 0 Å². The molecule has 68 valence electrons. The molecule has 0 heterocycles. The van der Waals surface area contributed by atoms with Gasteiger partial charge in [-0.2, -0.15) is 0 Å². The largest absolute Gasteiger partial charge is 0.393 e. The average Bonchev–Trinajstić information content (AvgIpc) is 2.02. The SMILES string of the molecule is CCC[C@@H](O)[C@H](C)[C@H](O)CC. The van der Waals surface area contributed by atoms with Crippen LogP contribution in [0.3, 0.4) is 0 Å². The molecule has 2 nitrogen and oxygen atoms in total. The summed E-state index contributed by atoms with van der Waals surface area (Å²) >= 11 is 0. The molecule has 0 aromatic heterocycles. The molecular weight excluding hydrogens is 140 g/mol. The van der Waals surface area contributed by atoms with Crippen LogP contribution >= 0.6 is 0 Å². The van der Waals surface area contributed by atoms with Gasteiger partial charge in [0.1, 0.15) is 0 Å². The number of aliphatic hydroxyl groups excluding tert-OH is 2. The maximum atomic E-state index is 9.46. The van der Waals surface area contributed by atoms with Crippen LogP contribution in [-0.2, 0) is 0 Å². The van der Waals surface area contributed by atoms with Gasteiger partial charge in [-0.05, 0) is 12.8 Å². The number of hydrogen-bond donors (Lipinski definition) is 2. The summed E-state index contributed by atoms with van der Waals surface area (Å²) < 4.78 is 0. The van der Waals surface area contributed by atoms with E-state index in [1.165, 1.54) is 0 Å². The van der Waals surface area contributed by atoms with Crippen LogP contribution in [0, 0.1) is 5.92 Å². The Bertz CT molecular complexity index is 93.6. The highest BCUT2D eigenvalue weighted by molar-refractivity contribution is 4.70. The van der Waals surface area contributed by atoms with E-state index in [9.17, 15) is 10.2 Å². The average molecular weight is 160 g/mol. The molecular formula is C9H20O2. The van der Waals surface area contributed by atoms with Gasteiger partial charge < -0.3 is 10.2 Å². The van der Waals surface area contributed by atoms with E-state index in [0.717, 1.165) is 19.3 Å². The zero-order valence-corrected chi connectivity index (χ0v) is 7.75. The topological polar surface area (TPSA) is 40.5 Å². The second-order valence-electron chi connectivity index (χ2n) is 3.19. The Kier molecular flexibility index (Phi) is 5.51. The Balaban J connectivity index is 3.70. The van der Waals surface area contributed by atoms with Crippen LogP contribution in [0.1, 0.15) is 40.0 Å². The first-order chi connectivity index (χ1) is 5.13. The normalized spacial score (nSPS) is 19.4. The van der Waals surface area contributed by atoms with E-state index in [0.29, 0.717) is 0 Å². The highest BCUT2D eigenvalue weighted by Gasteiger charge is 2.19. The van der Waals surface area contributed by atoms with E-state index in [2.05, 4.69) is 0 Å². The fourth-order valence-electron chi connectivity index (χ4n) is 1.19. The summed E-state index contributed by atoms with van der Waals surface area (Å²) in [6, 6.07) is 0. The predicted molar refractivity (Wildman–Crippen MR) is 46.4 cm³/mol. The molecule has 0 aliphatic heterocycles. The highest BCUT2D eigenvalue weighted by atomic mass is 16.3. The van der Waals surface area contributed by atoms with Crippen molar-refractivity contribution in [3.05, 3.63) is 0 Å². The van der Waals surface area contributed by atoms with Crippen molar-refractivity contribution in [2.24, 2.45) is 5.92 Å². The zero-order chi connectivity index (χ0) is 8.85. The van der Waals surface area contributed by atoms with Crippen molar-refractivity contribution >= 4 is 0 Å². The lowest BCUT2D eigenvalue weighted by molar-refractivity contribution is 0.0159. The minimum atomic E-state index is -0.350. The first-order valence-corrected chi connectivity index (χ1v) is 4.49. The molecule has 0 amide bonds. The number of aliphatic hydroxyl groups is 2. The highest BCUT2D eigenvalue weighted by Crippen LogP contribution is 2.15. The van der Waals surface area contributed by atoms with Crippen molar-refractivity contribution in [1.29, 1.82) is 0 Å². The summed E-state index contributed by atoms with van der Waals surface area (Å²) in [5.74, 6) is 0.0138. The molecule has 11 heavy (non-hydrogen) atoms. The molecule has 0 radical (unpaired) electrons. The molecule has 0 saturated carbocycles. The fourth-order valence-corrected chi connectivity index (χ4v) is 1.19. The Hall–Kier alpha value is -0.0800. The minimum Gasteiger partial charge on any atom is -0.393 e. The second-order valence-corrected chi connectivity index (χ2v) is 3.19. The van der Waals surface area contributed by atoms with Crippen molar-refractivity contribution in [2.45, 2.75) is 52.2 Å². The molecule has 0 bridgehead atoms. The van der Waals surface area contributed by atoms with Gasteiger partial charge in [0.05, 0.1) is 12.2 Å². The Labute approximate surface area is 69.2 Å². The van der Waals surface area contributed by atoms with Gasteiger partial charge in [0.25, 0.3) is 0 Å². The van der Waals surface area contributed by atoms with E-state index >= 15 is 0 Å². The van der Waals surface area contributed by atoms with Gasteiger partial charge in [0, 0.05) is 5.92 Å². The van der Waals surface area contributed by atoms with E-state index < -0.39 is 0 Å². The summed E-state index contributed by atoms with van der Waals surface area (Å²) in [6.45, 7) is 5.86. The van der Waals surface area contributed by atoms with Crippen molar-refractivity contribution in [3.8, 4) is 0 Å². The maximum absolute atomic E-state index is 9.46. The molecule has 2 heteroatoms. The molecule has 0 saturated heterocycles. The van der Waals surface area contributed by atoms with E-state index in [1.807, 2.05) is 20.8 Å². The Morgan fingerprint density at radius 2 is 1.64 bits per heavy atom. The molecule has 0 fully saturated rings. The van der Waals surface area contributed by atoms with Crippen molar-refractivity contribution in [3.63, 3.8) is 0 Å². The Morgan fingerprint density at radius 3 is 2.00 bits per heavy atom. The third kappa shape index (κ3) is 3.73. The summed E-state index contributed by atoms with van der Waals surface area (Å²) in [5.41, 5.74) is 0. The molecule has 0 aliphatic carbocycles. The smallest absolute Gasteiger partial charge is 0.0590 e. The summed E-state index contributed by atoms with van der Waals surface area (Å²) in [4.78, 5) is 0. The van der Waals surface area contributed by atoms with Crippen molar-refractivity contribution in [1.82, 2.24) is 0 Å². The number of hydrogen-bond acceptors (Lipinski definition) is 2. The van der Waals surface area contributed by atoms with E-state index in [-0.39, 0.29) is 18.1 Å². The molecule has 0 spiro atoms. The van der Waals surface area contributed by atoms with Crippen molar-refractivity contribution in [2.75, 3.05) is 0 Å². The standard InChI is InChI=1S/C9H20O2/c1-4-6-9(11)7(3)8(10)5-2/h7-11H,4-6H2,1-3H3/t7-,8-,9-/m1/s1. The summed E-state index contributed by atoms with van der Waals surface area (Å²) in [5, 5.41) is 18.8. The first kappa shape index (κ1) is 10.9. The van der Waals surface area contributed by atoms with Crippen LogP contribution in [0.25, 0.3) is 0 Å². The monoisotopic (exact) mass is 160 g/mol. The third-order valence-corrected chi connectivity index (χ3v) is 2.22. The molecule has 0 unspecified atom stereocenters. The zero-order valence-electron chi connectivity index (χ0n) is 7.75. The predicted octanol–water partition coefficient (Wildman–Crippen LogP) is 1.55. The minimum absolute atomic E-state index is 0.0138. The quantitative estimate of drug-likeness (QED) is 0.640. The van der Waals surface area contributed by atoms with Gasteiger partial charge in [-0.15, -0.1) is 0 Å². The van der Waals surface area contributed by atoms with Gasteiger partial charge in [-0.25, -0.2) is 0 Å². The molecule has 2 N–H and O–H groups in total. The van der Waals surface area contributed by atoms with Crippen LogP contribution in [0.2, 0.25) is 0 Å². The first-order valence-electron chi connectivity index (χ1n) is 4.49.